The van der Waals surface area contributed by atoms with Crippen LogP contribution in [-0.4, -0.2) is 22.6 Å². The van der Waals surface area contributed by atoms with E-state index < -0.39 is 11.0 Å². The molecule has 2 aromatic rings. The number of thiophene rings is 1. The molecular weight excluding hydrogens is 318 g/mol. The molecule has 0 fully saturated rings. The summed E-state index contributed by atoms with van der Waals surface area (Å²) in [5.41, 5.74) is 1.76. The molecule has 2 heterocycles. The molecule has 1 amide bonds. The lowest BCUT2D eigenvalue weighted by atomic mass is 10.0. The first-order chi connectivity index (χ1) is 11.1. The first kappa shape index (κ1) is 15.2. The number of benzene rings is 1. The van der Waals surface area contributed by atoms with Crippen molar-refractivity contribution in [2.24, 2.45) is 5.16 Å². The number of carbonyl (C=O) groups excluding carboxylic acids is 1. The number of nitrogens with zero attached hydrogens (tertiary/aromatic N) is 2. The Morgan fingerprint density at radius 3 is 3.00 bits per heavy atom. The van der Waals surface area contributed by atoms with E-state index in [1.165, 1.54) is 6.07 Å². The summed E-state index contributed by atoms with van der Waals surface area (Å²) in [6, 6.07) is 8.21. The van der Waals surface area contributed by atoms with Crippen LogP contribution >= 0.6 is 11.3 Å². The second-order valence-electron chi connectivity index (χ2n) is 4.96. The van der Waals surface area contributed by atoms with Crippen molar-refractivity contribution in [3.05, 3.63) is 62.3 Å². The maximum Gasteiger partial charge on any atom is 0.278 e. The monoisotopic (exact) mass is 331 g/mol. The number of oxime groups is 1. The second-order valence-corrected chi connectivity index (χ2v) is 5.74. The lowest BCUT2D eigenvalue weighted by Crippen LogP contribution is -2.34. The van der Waals surface area contributed by atoms with Crippen molar-refractivity contribution in [1.29, 1.82) is 0 Å². The number of carbonyl (C=O) groups is 1. The molecule has 0 aliphatic carbocycles. The number of nitrogens with one attached hydrogen (secondary N) is 1. The van der Waals surface area contributed by atoms with Gasteiger partial charge in [-0.25, -0.2) is 0 Å². The molecule has 0 unspecified atom stereocenters. The summed E-state index contributed by atoms with van der Waals surface area (Å²) in [5, 5.41) is 21.6. The zero-order chi connectivity index (χ0) is 16.2. The van der Waals surface area contributed by atoms with Gasteiger partial charge >= 0.3 is 0 Å². The van der Waals surface area contributed by atoms with E-state index in [1.54, 1.807) is 29.5 Å². The van der Waals surface area contributed by atoms with Crippen LogP contribution in [0.25, 0.3) is 0 Å². The SMILES string of the molecule is O=C(NCc1ccsc1)[C@H]1CC(c2ccccc2[N+](=O)[O-])=NO1. The normalized spacial score (nSPS) is 16.5. The quantitative estimate of drug-likeness (QED) is 0.672. The van der Waals surface area contributed by atoms with Gasteiger partial charge in [-0.15, -0.1) is 0 Å². The molecule has 23 heavy (non-hydrogen) atoms. The number of hydrogen-bond donors (Lipinski definition) is 1. The van der Waals surface area contributed by atoms with Crippen LogP contribution in [0.5, 0.6) is 0 Å². The van der Waals surface area contributed by atoms with E-state index in [-0.39, 0.29) is 18.0 Å². The van der Waals surface area contributed by atoms with Crippen molar-refractivity contribution in [3.63, 3.8) is 0 Å². The van der Waals surface area contributed by atoms with Crippen LogP contribution in [0.1, 0.15) is 17.5 Å². The fourth-order valence-electron chi connectivity index (χ4n) is 2.25. The highest BCUT2D eigenvalue weighted by Gasteiger charge is 2.31. The van der Waals surface area contributed by atoms with Crippen molar-refractivity contribution in [2.75, 3.05) is 0 Å². The van der Waals surface area contributed by atoms with Crippen LogP contribution in [0.4, 0.5) is 5.69 Å². The Bertz CT molecular complexity index is 758. The van der Waals surface area contributed by atoms with Gasteiger partial charge in [-0.2, -0.15) is 11.3 Å². The molecule has 0 bridgehead atoms. The molecule has 1 aliphatic rings. The minimum atomic E-state index is -0.761. The first-order valence-corrected chi connectivity index (χ1v) is 7.84. The van der Waals surface area contributed by atoms with E-state index >= 15 is 0 Å². The maximum absolute atomic E-state index is 12.1. The number of nitro groups is 1. The van der Waals surface area contributed by atoms with Gasteiger partial charge < -0.3 is 10.2 Å². The van der Waals surface area contributed by atoms with E-state index in [9.17, 15) is 14.9 Å². The van der Waals surface area contributed by atoms with Crippen LogP contribution in [-0.2, 0) is 16.2 Å². The molecule has 1 aliphatic heterocycles. The van der Waals surface area contributed by atoms with Gasteiger partial charge in [-0.05, 0) is 28.5 Å². The Morgan fingerprint density at radius 1 is 1.43 bits per heavy atom. The van der Waals surface area contributed by atoms with Crippen molar-refractivity contribution in [2.45, 2.75) is 19.1 Å². The molecule has 3 rings (SSSR count). The van der Waals surface area contributed by atoms with Gasteiger partial charge in [0.05, 0.1) is 16.2 Å². The summed E-state index contributed by atoms with van der Waals surface area (Å²) in [6.45, 7) is 0.420. The molecule has 0 saturated carbocycles. The summed E-state index contributed by atoms with van der Waals surface area (Å²) in [6.07, 6.45) is -0.552. The van der Waals surface area contributed by atoms with Crippen molar-refractivity contribution in [1.82, 2.24) is 5.32 Å². The van der Waals surface area contributed by atoms with Crippen molar-refractivity contribution in [3.8, 4) is 0 Å². The summed E-state index contributed by atoms with van der Waals surface area (Å²) in [7, 11) is 0. The molecular formula is C15H13N3O4S. The van der Waals surface area contributed by atoms with Gasteiger partial charge in [0.2, 0.25) is 6.10 Å². The molecule has 7 nitrogen and oxygen atoms in total. The lowest BCUT2D eigenvalue weighted by molar-refractivity contribution is -0.385. The van der Waals surface area contributed by atoms with Gasteiger partial charge in [0.15, 0.2) is 0 Å². The number of amides is 1. The first-order valence-electron chi connectivity index (χ1n) is 6.90. The van der Waals surface area contributed by atoms with Crippen molar-refractivity contribution >= 4 is 28.6 Å². The Balaban J connectivity index is 1.64. The predicted octanol–water partition coefficient (Wildman–Crippen LogP) is 2.47. The van der Waals surface area contributed by atoms with E-state index in [4.69, 9.17) is 4.84 Å². The molecule has 1 atom stereocenters. The lowest BCUT2D eigenvalue weighted by Gasteiger charge is -2.08. The maximum atomic E-state index is 12.1. The molecule has 0 saturated heterocycles. The zero-order valence-electron chi connectivity index (χ0n) is 12.0. The minimum absolute atomic E-state index is 0.0471. The Kier molecular flexibility index (Phi) is 4.33. The Morgan fingerprint density at radius 2 is 2.26 bits per heavy atom. The topological polar surface area (TPSA) is 93.8 Å². The van der Waals surface area contributed by atoms with Crippen LogP contribution in [0.15, 0.2) is 46.2 Å². The standard InChI is InChI=1S/C15H13N3O4S/c19-15(16-8-10-5-6-23-9-10)14-7-12(17-22-14)11-3-1-2-4-13(11)18(20)21/h1-6,9,14H,7-8H2,(H,16,19)/t14-/m1/s1. The number of nitro benzene ring substituents is 1. The average Bonchev–Trinajstić information content (AvgIpc) is 3.24. The molecule has 1 N–H and O–H groups in total. The van der Waals surface area contributed by atoms with Gasteiger partial charge in [0.1, 0.15) is 0 Å². The zero-order valence-corrected chi connectivity index (χ0v) is 12.8. The van der Waals surface area contributed by atoms with Gasteiger partial charge in [-0.3, -0.25) is 14.9 Å². The van der Waals surface area contributed by atoms with E-state index in [0.29, 0.717) is 17.8 Å². The highest BCUT2D eigenvalue weighted by Crippen LogP contribution is 2.24. The Hall–Kier alpha value is -2.74. The van der Waals surface area contributed by atoms with E-state index in [0.717, 1.165) is 5.56 Å². The number of rotatable bonds is 5. The van der Waals surface area contributed by atoms with Gasteiger partial charge in [0.25, 0.3) is 11.6 Å². The van der Waals surface area contributed by atoms with Gasteiger partial charge in [-0.1, -0.05) is 17.3 Å². The number of para-hydroxylation sites is 1. The third-order valence-corrected chi connectivity index (χ3v) is 4.15. The third-order valence-electron chi connectivity index (χ3n) is 3.42. The van der Waals surface area contributed by atoms with E-state index in [1.807, 2.05) is 16.8 Å². The number of hydrogen-bond acceptors (Lipinski definition) is 6. The van der Waals surface area contributed by atoms with Crippen LogP contribution in [0.3, 0.4) is 0 Å². The summed E-state index contributed by atoms with van der Waals surface area (Å²) >= 11 is 1.56. The summed E-state index contributed by atoms with van der Waals surface area (Å²) in [4.78, 5) is 27.8. The molecule has 8 heteroatoms. The third kappa shape index (κ3) is 3.37. The summed E-state index contributed by atoms with van der Waals surface area (Å²) < 4.78 is 0. The van der Waals surface area contributed by atoms with E-state index in [2.05, 4.69) is 10.5 Å². The fourth-order valence-corrected chi connectivity index (χ4v) is 2.92. The molecule has 118 valence electrons. The van der Waals surface area contributed by atoms with Crippen molar-refractivity contribution < 1.29 is 14.6 Å². The minimum Gasteiger partial charge on any atom is -0.382 e. The second kappa shape index (κ2) is 6.57. The predicted molar refractivity (Wildman–Crippen MR) is 85.3 cm³/mol. The molecule has 0 radical (unpaired) electrons. The van der Waals surface area contributed by atoms with Crippen LogP contribution in [0.2, 0.25) is 0 Å². The molecule has 0 spiro atoms. The highest BCUT2D eigenvalue weighted by atomic mass is 32.1. The van der Waals surface area contributed by atoms with Crippen LogP contribution in [0, 0.1) is 10.1 Å². The smallest absolute Gasteiger partial charge is 0.278 e. The fraction of sp³-hybridized carbons (Fsp3) is 0.200. The summed E-state index contributed by atoms with van der Waals surface area (Å²) in [5.74, 6) is -0.284. The van der Waals surface area contributed by atoms with Crippen LogP contribution < -0.4 is 5.32 Å². The highest BCUT2D eigenvalue weighted by molar-refractivity contribution is 7.07. The largest absolute Gasteiger partial charge is 0.382 e. The molecule has 1 aromatic heterocycles. The van der Waals surface area contributed by atoms with Gasteiger partial charge in [0, 0.05) is 19.0 Å². The average molecular weight is 331 g/mol. The Labute approximate surface area is 135 Å². The molecule has 1 aromatic carbocycles.